The van der Waals surface area contributed by atoms with E-state index in [0.29, 0.717) is 38.3 Å². The van der Waals surface area contributed by atoms with Crippen molar-refractivity contribution in [3.63, 3.8) is 0 Å². The molecule has 3 aliphatic rings. The Labute approximate surface area is 217 Å². The maximum Gasteiger partial charge on any atom is 0.240 e. The Morgan fingerprint density at radius 2 is 1.76 bits per heavy atom. The van der Waals surface area contributed by atoms with Crippen molar-refractivity contribution in [3.8, 4) is 0 Å². The Balaban J connectivity index is 1.37. The van der Waals surface area contributed by atoms with Crippen LogP contribution in [0.3, 0.4) is 0 Å². The molecule has 2 aromatic rings. The van der Waals surface area contributed by atoms with Crippen molar-refractivity contribution in [3.05, 3.63) is 65.2 Å². The summed E-state index contributed by atoms with van der Waals surface area (Å²) in [5.41, 5.74) is 7.77. The lowest BCUT2D eigenvalue weighted by molar-refractivity contribution is -0.137. The largest absolute Gasteiger partial charge is 0.342 e. The molecule has 1 spiro atoms. The number of fused-ring (bicyclic) bond motifs is 2. The van der Waals surface area contributed by atoms with E-state index in [-0.39, 0.29) is 35.2 Å². The van der Waals surface area contributed by atoms with Crippen LogP contribution in [0.4, 0.5) is 14.5 Å². The number of benzene rings is 2. The molecule has 198 valence electrons. The lowest BCUT2D eigenvalue weighted by Crippen LogP contribution is -2.50. The highest BCUT2D eigenvalue weighted by Gasteiger charge is 2.49. The number of hydrogen-bond donors (Lipinski definition) is 1. The summed E-state index contributed by atoms with van der Waals surface area (Å²) in [6, 6.07) is 11.7. The molecule has 8 heteroatoms. The van der Waals surface area contributed by atoms with E-state index < -0.39 is 17.6 Å². The molecule has 2 fully saturated rings. The number of anilines is 1. The minimum absolute atomic E-state index is 0.0245. The van der Waals surface area contributed by atoms with Gasteiger partial charge in [0.2, 0.25) is 11.8 Å². The third-order valence-electron chi connectivity index (χ3n) is 8.68. The molecule has 0 bridgehead atoms. The molecular formula is C29H36F2N4O2. The minimum Gasteiger partial charge on any atom is -0.342 e. The number of nitrogens with zero attached hydrogens (tertiary/aromatic N) is 3. The first-order valence-corrected chi connectivity index (χ1v) is 13.1. The average molecular weight is 511 g/mol. The van der Waals surface area contributed by atoms with Gasteiger partial charge in [0.05, 0.1) is 12.5 Å². The fourth-order valence-electron chi connectivity index (χ4n) is 6.50. The third-order valence-corrected chi connectivity index (χ3v) is 8.68. The molecule has 5 rings (SSSR count). The van der Waals surface area contributed by atoms with Crippen LogP contribution in [0.5, 0.6) is 0 Å². The predicted octanol–water partition coefficient (Wildman–Crippen LogP) is 3.64. The zero-order valence-electron chi connectivity index (χ0n) is 21.8. The molecule has 2 atom stereocenters. The molecule has 3 heterocycles. The molecule has 2 amide bonds. The molecular weight excluding hydrogens is 474 g/mol. The molecule has 0 radical (unpaired) electrons. The first-order valence-electron chi connectivity index (χ1n) is 13.1. The number of piperidine rings is 1. The molecule has 3 aliphatic heterocycles. The first kappa shape index (κ1) is 25.8. The Hall–Kier alpha value is -2.84. The SMILES string of the molecule is CC(C)(C)N1CC(C(=O)N2CCC3(CC2)CN(C(=O)CN)c2ccccc23)[C@H](c2ccc(F)cc2F)C1. The lowest BCUT2D eigenvalue weighted by Gasteiger charge is -2.41. The summed E-state index contributed by atoms with van der Waals surface area (Å²) in [4.78, 5) is 32.4. The summed E-state index contributed by atoms with van der Waals surface area (Å²) in [6.07, 6.45) is 1.49. The van der Waals surface area contributed by atoms with Crippen LogP contribution in [0.1, 0.15) is 50.7 Å². The number of amides is 2. The Morgan fingerprint density at radius 1 is 1.05 bits per heavy atom. The standard InChI is InChI=1S/C29H36F2N4O2/c1-28(2,3)34-16-21(20-9-8-19(30)14-24(20)31)22(17-34)27(37)33-12-10-29(11-13-33)18-35(26(36)15-32)25-7-5-4-6-23(25)29/h4-9,14,21-22H,10-13,15-18,32H2,1-3H3/t21-,22?/m0/s1. The fourth-order valence-corrected chi connectivity index (χ4v) is 6.50. The highest BCUT2D eigenvalue weighted by atomic mass is 19.1. The van der Waals surface area contributed by atoms with Crippen LogP contribution in [0.25, 0.3) is 0 Å². The van der Waals surface area contributed by atoms with Crippen LogP contribution in [0, 0.1) is 17.6 Å². The Bertz CT molecular complexity index is 1200. The van der Waals surface area contributed by atoms with Gasteiger partial charge in [-0.1, -0.05) is 24.3 Å². The summed E-state index contributed by atoms with van der Waals surface area (Å²) in [7, 11) is 0. The van der Waals surface area contributed by atoms with Gasteiger partial charge in [-0.25, -0.2) is 8.78 Å². The van der Waals surface area contributed by atoms with Gasteiger partial charge in [-0.05, 0) is 56.9 Å². The number of rotatable bonds is 3. The zero-order chi connectivity index (χ0) is 26.5. The number of hydrogen-bond acceptors (Lipinski definition) is 4. The maximum absolute atomic E-state index is 14.9. The van der Waals surface area contributed by atoms with E-state index >= 15 is 0 Å². The van der Waals surface area contributed by atoms with Crippen molar-refractivity contribution in [2.24, 2.45) is 11.7 Å². The smallest absolute Gasteiger partial charge is 0.240 e. The van der Waals surface area contributed by atoms with Crippen LogP contribution in [-0.2, 0) is 15.0 Å². The van der Waals surface area contributed by atoms with Gasteiger partial charge in [-0.3, -0.25) is 14.5 Å². The highest BCUT2D eigenvalue weighted by molar-refractivity contribution is 5.97. The quantitative estimate of drug-likeness (QED) is 0.685. The third kappa shape index (κ3) is 4.55. The van der Waals surface area contributed by atoms with Gasteiger partial charge in [0.15, 0.2) is 0 Å². The number of para-hydroxylation sites is 1. The van der Waals surface area contributed by atoms with E-state index in [1.54, 1.807) is 4.90 Å². The highest BCUT2D eigenvalue weighted by Crippen LogP contribution is 2.47. The molecule has 2 saturated heterocycles. The fraction of sp³-hybridized carbons (Fsp3) is 0.517. The van der Waals surface area contributed by atoms with Gasteiger partial charge in [0.25, 0.3) is 0 Å². The molecule has 2 N–H and O–H groups in total. The second-order valence-electron chi connectivity index (χ2n) is 11.8. The maximum atomic E-state index is 14.9. The average Bonchev–Trinajstić information content (AvgIpc) is 3.45. The number of likely N-dealkylation sites (tertiary alicyclic amines) is 2. The van der Waals surface area contributed by atoms with E-state index in [4.69, 9.17) is 5.73 Å². The molecule has 37 heavy (non-hydrogen) atoms. The first-order chi connectivity index (χ1) is 17.5. The van der Waals surface area contributed by atoms with E-state index in [1.807, 2.05) is 23.1 Å². The summed E-state index contributed by atoms with van der Waals surface area (Å²) in [6.45, 7) is 9.04. The number of nitrogens with two attached hydrogens (primary N) is 1. The van der Waals surface area contributed by atoms with Crippen molar-refractivity contribution in [2.75, 3.05) is 44.2 Å². The van der Waals surface area contributed by atoms with Crippen LogP contribution in [-0.4, -0.2) is 66.4 Å². The van der Waals surface area contributed by atoms with E-state index in [0.717, 1.165) is 30.2 Å². The lowest BCUT2D eigenvalue weighted by atomic mass is 9.74. The molecule has 6 nitrogen and oxygen atoms in total. The van der Waals surface area contributed by atoms with Gasteiger partial charge in [-0.2, -0.15) is 0 Å². The Morgan fingerprint density at radius 3 is 2.41 bits per heavy atom. The van der Waals surface area contributed by atoms with Crippen molar-refractivity contribution >= 4 is 17.5 Å². The van der Waals surface area contributed by atoms with Crippen molar-refractivity contribution in [1.29, 1.82) is 0 Å². The van der Waals surface area contributed by atoms with Gasteiger partial charge in [-0.15, -0.1) is 0 Å². The Kier molecular flexibility index (Phi) is 6.61. The molecule has 0 aliphatic carbocycles. The summed E-state index contributed by atoms with van der Waals surface area (Å²) in [5.74, 6) is -2.03. The monoisotopic (exact) mass is 510 g/mol. The van der Waals surface area contributed by atoms with E-state index in [1.165, 1.54) is 12.1 Å². The van der Waals surface area contributed by atoms with Crippen molar-refractivity contribution in [2.45, 2.75) is 50.5 Å². The van der Waals surface area contributed by atoms with Crippen LogP contribution < -0.4 is 10.6 Å². The molecule has 0 aromatic heterocycles. The number of carbonyl (C=O) groups is 2. The zero-order valence-corrected chi connectivity index (χ0v) is 21.8. The van der Waals surface area contributed by atoms with Gasteiger partial charge >= 0.3 is 0 Å². The van der Waals surface area contributed by atoms with Gasteiger partial charge in [0.1, 0.15) is 11.6 Å². The normalized spacial score (nSPS) is 23.5. The summed E-state index contributed by atoms with van der Waals surface area (Å²) >= 11 is 0. The second kappa shape index (κ2) is 9.48. The van der Waals surface area contributed by atoms with E-state index in [2.05, 4.69) is 31.7 Å². The second-order valence-corrected chi connectivity index (χ2v) is 11.8. The minimum atomic E-state index is -0.616. The van der Waals surface area contributed by atoms with Gasteiger partial charge in [0, 0.05) is 61.3 Å². The molecule has 0 saturated carbocycles. The number of halogens is 2. The van der Waals surface area contributed by atoms with Crippen molar-refractivity contribution in [1.82, 2.24) is 9.80 Å². The molecule has 2 aromatic carbocycles. The van der Waals surface area contributed by atoms with Crippen LogP contribution in [0.2, 0.25) is 0 Å². The topological polar surface area (TPSA) is 69.9 Å². The van der Waals surface area contributed by atoms with Crippen LogP contribution >= 0.6 is 0 Å². The van der Waals surface area contributed by atoms with Crippen molar-refractivity contribution < 1.29 is 18.4 Å². The van der Waals surface area contributed by atoms with Gasteiger partial charge < -0.3 is 15.5 Å². The predicted molar refractivity (Wildman–Crippen MR) is 139 cm³/mol. The van der Waals surface area contributed by atoms with Crippen LogP contribution in [0.15, 0.2) is 42.5 Å². The summed E-state index contributed by atoms with van der Waals surface area (Å²) in [5, 5.41) is 0. The summed E-state index contributed by atoms with van der Waals surface area (Å²) < 4.78 is 28.5. The molecule has 1 unspecified atom stereocenters. The van der Waals surface area contributed by atoms with E-state index in [9.17, 15) is 18.4 Å². The number of carbonyl (C=O) groups excluding carboxylic acids is 2.